The van der Waals surface area contributed by atoms with E-state index in [0.29, 0.717) is 0 Å². The molecular formula is C16H28BrNOSi. The van der Waals surface area contributed by atoms with Gasteiger partial charge >= 0.3 is 0 Å². The second kappa shape index (κ2) is 7.21. The summed E-state index contributed by atoms with van der Waals surface area (Å²) in [6.45, 7) is 16.1. The number of benzene rings is 1. The Kier molecular flexibility index (Phi) is 6.45. The molecule has 0 amide bonds. The quantitative estimate of drug-likeness (QED) is 0.579. The highest BCUT2D eigenvalue weighted by Gasteiger charge is 2.36. The fraction of sp³-hybridized carbons (Fsp3) is 0.625. The maximum atomic E-state index is 6.14. The van der Waals surface area contributed by atoms with Crippen LogP contribution in [0.1, 0.15) is 31.9 Å². The summed E-state index contributed by atoms with van der Waals surface area (Å²) in [7, 11) is -1.60. The van der Waals surface area contributed by atoms with Crippen molar-refractivity contribution in [3.8, 4) is 0 Å². The third-order valence-electron chi connectivity index (χ3n) is 4.10. The Morgan fingerprint density at radius 1 is 1.25 bits per heavy atom. The highest BCUT2D eigenvalue weighted by Crippen LogP contribution is 2.36. The van der Waals surface area contributed by atoms with Crippen LogP contribution in [0.25, 0.3) is 0 Å². The van der Waals surface area contributed by atoms with Gasteiger partial charge in [0, 0.05) is 24.2 Å². The first-order valence-electron chi connectivity index (χ1n) is 7.23. The zero-order chi connectivity index (χ0) is 15.4. The molecule has 0 aromatic heterocycles. The molecule has 0 radical (unpaired) electrons. The molecule has 2 nitrogen and oxygen atoms in total. The van der Waals surface area contributed by atoms with Crippen LogP contribution in [0.5, 0.6) is 0 Å². The van der Waals surface area contributed by atoms with Gasteiger partial charge in [-0.3, -0.25) is 0 Å². The Bertz CT molecular complexity index is 441. The largest absolute Gasteiger partial charge is 0.416 e. The number of hydrogen-bond donors (Lipinski definition) is 1. The normalized spacial score (nSPS) is 12.8. The van der Waals surface area contributed by atoms with Gasteiger partial charge in [-0.05, 0) is 42.2 Å². The van der Waals surface area contributed by atoms with Crippen molar-refractivity contribution in [3.05, 3.63) is 33.8 Å². The molecule has 114 valence electrons. The summed E-state index contributed by atoms with van der Waals surface area (Å²) in [5.41, 5.74) is 2.60. The molecule has 0 spiro atoms. The van der Waals surface area contributed by atoms with Crippen LogP contribution in [0, 0.1) is 6.92 Å². The van der Waals surface area contributed by atoms with Gasteiger partial charge in [-0.25, -0.2) is 0 Å². The first-order valence-corrected chi connectivity index (χ1v) is 10.9. The summed E-state index contributed by atoms with van der Waals surface area (Å²) in [5.74, 6) is 0. The van der Waals surface area contributed by atoms with E-state index in [2.05, 4.69) is 80.2 Å². The van der Waals surface area contributed by atoms with Gasteiger partial charge in [-0.2, -0.15) is 0 Å². The third kappa shape index (κ3) is 5.32. The molecule has 0 aliphatic heterocycles. The highest BCUT2D eigenvalue weighted by atomic mass is 79.9. The average molecular weight is 358 g/mol. The summed E-state index contributed by atoms with van der Waals surface area (Å²) in [6, 6.07) is 6.48. The lowest BCUT2D eigenvalue weighted by Crippen LogP contribution is -2.42. The van der Waals surface area contributed by atoms with Crippen molar-refractivity contribution in [2.24, 2.45) is 0 Å². The van der Waals surface area contributed by atoms with E-state index in [4.69, 9.17) is 4.43 Å². The molecule has 0 unspecified atom stereocenters. The van der Waals surface area contributed by atoms with E-state index in [0.717, 1.165) is 19.7 Å². The molecule has 0 saturated heterocycles. The van der Waals surface area contributed by atoms with Crippen molar-refractivity contribution in [2.75, 3.05) is 13.2 Å². The van der Waals surface area contributed by atoms with Crippen LogP contribution in [0.3, 0.4) is 0 Å². The van der Waals surface area contributed by atoms with Crippen LogP contribution in [-0.4, -0.2) is 21.5 Å². The topological polar surface area (TPSA) is 21.3 Å². The van der Waals surface area contributed by atoms with E-state index in [1.54, 1.807) is 0 Å². The second-order valence-corrected chi connectivity index (χ2v) is 12.5. The summed E-state index contributed by atoms with van der Waals surface area (Å²) >= 11 is 3.53. The summed E-state index contributed by atoms with van der Waals surface area (Å²) in [4.78, 5) is 0. The number of halogens is 1. The summed E-state index contributed by atoms with van der Waals surface area (Å²) in [5, 5.41) is 3.74. The average Bonchev–Trinajstić information content (AvgIpc) is 2.31. The van der Waals surface area contributed by atoms with Gasteiger partial charge < -0.3 is 9.74 Å². The molecule has 0 saturated carbocycles. The first-order chi connectivity index (χ1) is 9.13. The van der Waals surface area contributed by atoms with E-state index in [1.165, 1.54) is 15.6 Å². The monoisotopic (exact) mass is 357 g/mol. The van der Waals surface area contributed by atoms with Crippen LogP contribution in [-0.2, 0) is 11.0 Å². The SMILES string of the molecule is Cc1cc(CNCCO[Si](C)(C)C(C)(C)C)ccc1Br. The minimum Gasteiger partial charge on any atom is -0.416 e. The van der Waals surface area contributed by atoms with Gasteiger partial charge in [0.15, 0.2) is 8.32 Å². The van der Waals surface area contributed by atoms with Crippen LogP contribution < -0.4 is 5.32 Å². The van der Waals surface area contributed by atoms with Gasteiger partial charge in [-0.1, -0.05) is 48.8 Å². The van der Waals surface area contributed by atoms with Crippen LogP contribution >= 0.6 is 15.9 Å². The maximum Gasteiger partial charge on any atom is 0.192 e. The molecule has 1 rings (SSSR count). The number of aryl methyl sites for hydroxylation is 1. The molecule has 0 fully saturated rings. The molecule has 1 N–H and O–H groups in total. The summed E-state index contributed by atoms with van der Waals surface area (Å²) in [6.07, 6.45) is 0. The predicted octanol–water partition coefficient (Wildman–Crippen LogP) is 4.87. The van der Waals surface area contributed by atoms with Gasteiger partial charge in [0.25, 0.3) is 0 Å². The minimum atomic E-state index is -1.60. The van der Waals surface area contributed by atoms with Crippen molar-refractivity contribution < 1.29 is 4.43 Å². The van der Waals surface area contributed by atoms with Crippen molar-refractivity contribution in [1.29, 1.82) is 0 Å². The molecule has 20 heavy (non-hydrogen) atoms. The molecule has 0 aliphatic rings. The lowest BCUT2D eigenvalue weighted by atomic mass is 10.1. The lowest BCUT2D eigenvalue weighted by molar-refractivity contribution is 0.285. The number of hydrogen-bond acceptors (Lipinski definition) is 2. The Hall–Kier alpha value is -0.163. The van der Waals surface area contributed by atoms with E-state index in [1.807, 2.05) is 0 Å². The van der Waals surface area contributed by atoms with E-state index in [-0.39, 0.29) is 5.04 Å². The fourth-order valence-corrected chi connectivity index (χ4v) is 2.94. The van der Waals surface area contributed by atoms with Crippen molar-refractivity contribution >= 4 is 24.2 Å². The van der Waals surface area contributed by atoms with Gasteiger partial charge in [0.05, 0.1) is 0 Å². The smallest absolute Gasteiger partial charge is 0.192 e. The van der Waals surface area contributed by atoms with Crippen molar-refractivity contribution in [3.63, 3.8) is 0 Å². The Morgan fingerprint density at radius 3 is 2.45 bits per heavy atom. The Morgan fingerprint density at radius 2 is 1.90 bits per heavy atom. The van der Waals surface area contributed by atoms with Crippen LogP contribution in [0.2, 0.25) is 18.1 Å². The number of rotatable bonds is 6. The molecule has 1 aromatic rings. The lowest BCUT2D eigenvalue weighted by Gasteiger charge is -2.36. The van der Waals surface area contributed by atoms with E-state index >= 15 is 0 Å². The molecule has 0 bridgehead atoms. The van der Waals surface area contributed by atoms with Crippen molar-refractivity contribution in [1.82, 2.24) is 5.32 Å². The maximum absolute atomic E-state index is 6.14. The minimum absolute atomic E-state index is 0.288. The fourth-order valence-electron chi connectivity index (χ4n) is 1.64. The molecular weight excluding hydrogens is 330 g/mol. The molecule has 4 heteroatoms. The molecule has 0 heterocycles. The first kappa shape index (κ1) is 17.9. The number of nitrogens with one attached hydrogen (secondary N) is 1. The van der Waals surface area contributed by atoms with Crippen molar-refractivity contribution in [2.45, 2.75) is 52.4 Å². The molecule has 1 aromatic carbocycles. The highest BCUT2D eigenvalue weighted by molar-refractivity contribution is 9.10. The third-order valence-corrected chi connectivity index (χ3v) is 9.53. The molecule has 0 aliphatic carbocycles. The second-order valence-electron chi connectivity index (χ2n) is 6.87. The van der Waals surface area contributed by atoms with E-state index < -0.39 is 8.32 Å². The van der Waals surface area contributed by atoms with Crippen LogP contribution in [0.4, 0.5) is 0 Å². The Labute approximate surface area is 133 Å². The Balaban J connectivity index is 2.30. The predicted molar refractivity (Wildman–Crippen MR) is 93.7 cm³/mol. The zero-order valence-corrected chi connectivity index (χ0v) is 16.2. The standard InChI is InChI=1S/C16H28BrNOSi/c1-13-11-14(7-8-15(13)17)12-18-9-10-19-20(5,6)16(2,3)4/h7-8,11,18H,9-10,12H2,1-6H3. The summed E-state index contributed by atoms with van der Waals surface area (Å²) < 4.78 is 7.31. The van der Waals surface area contributed by atoms with Gasteiger partial charge in [-0.15, -0.1) is 0 Å². The van der Waals surface area contributed by atoms with Gasteiger partial charge in [0.1, 0.15) is 0 Å². The van der Waals surface area contributed by atoms with Crippen LogP contribution in [0.15, 0.2) is 22.7 Å². The van der Waals surface area contributed by atoms with Gasteiger partial charge in [0.2, 0.25) is 0 Å². The van der Waals surface area contributed by atoms with E-state index in [9.17, 15) is 0 Å². The molecule has 0 atom stereocenters. The zero-order valence-electron chi connectivity index (χ0n) is 13.6.